The van der Waals surface area contributed by atoms with Crippen LogP contribution >= 0.6 is 0 Å². The molecule has 0 aromatic carbocycles. The molecule has 3 rings (SSSR count). The fourth-order valence-corrected chi connectivity index (χ4v) is 2.76. The molecule has 3 heterocycles. The molecule has 0 radical (unpaired) electrons. The van der Waals surface area contributed by atoms with E-state index in [2.05, 4.69) is 25.7 Å². The third-order valence-corrected chi connectivity index (χ3v) is 4.41. The van der Waals surface area contributed by atoms with Crippen LogP contribution in [0.5, 0.6) is 0 Å². The summed E-state index contributed by atoms with van der Waals surface area (Å²) in [5.41, 5.74) is 0.626. The van der Waals surface area contributed by atoms with Gasteiger partial charge in [-0.15, -0.1) is 0 Å². The molecule has 0 saturated carbocycles. The van der Waals surface area contributed by atoms with Crippen LogP contribution in [0.15, 0.2) is 36.7 Å². The molecular formula is C20H19F5N6O2. The van der Waals surface area contributed by atoms with Gasteiger partial charge >= 0.3 is 6.18 Å². The second kappa shape index (κ2) is 9.46. The minimum atomic E-state index is -4.40. The first-order chi connectivity index (χ1) is 15.4. The SMILES string of the molecule is CC(F)(F)c1cccc(C(=O)NCc2cn3ncc(CNC(=O)CCC(F)(F)F)cc3n2)n1. The zero-order chi connectivity index (χ0) is 24.2. The zero-order valence-corrected chi connectivity index (χ0v) is 17.3. The van der Waals surface area contributed by atoms with E-state index in [1.807, 2.05) is 0 Å². The minimum absolute atomic E-state index is 0.0246. The van der Waals surface area contributed by atoms with E-state index in [1.165, 1.54) is 29.0 Å². The number of aromatic nitrogens is 4. The van der Waals surface area contributed by atoms with Crippen molar-refractivity contribution < 1.29 is 31.5 Å². The zero-order valence-electron chi connectivity index (χ0n) is 17.3. The van der Waals surface area contributed by atoms with Crippen molar-refractivity contribution in [2.75, 3.05) is 0 Å². The predicted octanol–water partition coefficient (Wildman–Crippen LogP) is 3.12. The fourth-order valence-electron chi connectivity index (χ4n) is 2.76. The summed E-state index contributed by atoms with van der Waals surface area (Å²) in [6.07, 6.45) is -3.32. The summed E-state index contributed by atoms with van der Waals surface area (Å²) in [5.74, 6) is -4.58. The summed E-state index contributed by atoms with van der Waals surface area (Å²) in [5, 5.41) is 9.02. The Labute approximate surface area is 184 Å². The summed E-state index contributed by atoms with van der Waals surface area (Å²) in [6, 6.07) is 5.33. The first-order valence-corrected chi connectivity index (χ1v) is 9.71. The quantitative estimate of drug-likeness (QED) is 0.493. The van der Waals surface area contributed by atoms with Crippen LogP contribution in [0.1, 0.15) is 47.2 Å². The highest BCUT2D eigenvalue weighted by Crippen LogP contribution is 2.25. The number of hydrogen-bond donors (Lipinski definition) is 2. The third kappa shape index (κ3) is 6.92. The number of amides is 2. The number of nitrogens with one attached hydrogen (secondary N) is 2. The minimum Gasteiger partial charge on any atom is -0.352 e. The topological polar surface area (TPSA) is 101 Å². The smallest absolute Gasteiger partial charge is 0.352 e. The Morgan fingerprint density at radius 2 is 1.82 bits per heavy atom. The van der Waals surface area contributed by atoms with Gasteiger partial charge in [-0.25, -0.2) is 14.5 Å². The Morgan fingerprint density at radius 3 is 2.52 bits per heavy atom. The molecule has 0 fully saturated rings. The number of imidazole rings is 1. The molecule has 13 heteroatoms. The number of hydrogen-bond acceptors (Lipinski definition) is 5. The molecular weight excluding hydrogens is 451 g/mol. The maximum Gasteiger partial charge on any atom is 0.389 e. The molecule has 0 unspecified atom stereocenters. The van der Waals surface area contributed by atoms with E-state index < -0.39 is 42.4 Å². The van der Waals surface area contributed by atoms with Crippen LogP contribution in [-0.2, 0) is 23.8 Å². The molecule has 3 aromatic heterocycles. The highest BCUT2D eigenvalue weighted by Gasteiger charge is 2.28. The summed E-state index contributed by atoms with van der Waals surface area (Å²) in [4.78, 5) is 31.7. The Morgan fingerprint density at radius 1 is 1.06 bits per heavy atom. The summed E-state index contributed by atoms with van der Waals surface area (Å²) in [6.45, 7) is 0.631. The number of fused-ring (bicyclic) bond motifs is 1. The van der Waals surface area contributed by atoms with Crippen LogP contribution in [-0.4, -0.2) is 37.6 Å². The number of pyridine rings is 1. The van der Waals surface area contributed by atoms with Gasteiger partial charge in [0.15, 0.2) is 5.65 Å². The van der Waals surface area contributed by atoms with Crippen LogP contribution in [0.3, 0.4) is 0 Å². The number of halogens is 5. The molecule has 8 nitrogen and oxygen atoms in total. The molecule has 33 heavy (non-hydrogen) atoms. The van der Waals surface area contributed by atoms with E-state index in [-0.39, 0.29) is 18.8 Å². The molecule has 3 aromatic rings. The third-order valence-electron chi connectivity index (χ3n) is 4.41. The van der Waals surface area contributed by atoms with Crippen molar-refractivity contribution in [2.45, 2.75) is 45.0 Å². The predicted molar refractivity (Wildman–Crippen MR) is 105 cm³/mol. The normalized spacial score (nSPS) is 12.1. The van der Waals surface area contributed by atoms with E-state index in [9.17, 15) is 31.5 Å². The average Bonchev–Trinajstić information content (AvgIpc) is 3.15. The lowest BCUT2D eigenvalue weighted by atomic mass is 10.2. The van der Waals surface area contributed by atoms with Gasteiger partial charge in [-0.1, -0.05) is 6.07 Å². The lowest BCUT2D eigenvalue weighted by Gasteiger charge is -2.10. The van der Waals surface area contributed by atoms with Crippen LogP contribution in [0.25, 0.3) is 5.65 Å². The number of rotatable bonds is 8. The van der Waals surface area contributed by atoms with Crippen LogP contribution < -0.4 is 10.6 Å². The van der Waals surface area contributed by atoms with Crippen molar-refractivity contribution in [2.24, 2.45) is 0 Å². The van der Waals surface area contributed by atoms with Gasteiger partial charge in [-0.3, -0.25) is 9.59 Å². The van der Waals surface area contributed by atoms with Gasteiger partial charge in [0.1, 0.15) is 11.4 Å². The largest absolute Gasteiger partial charge is 0.389 e. The first kappa shape index (κ1) is 24.0. The van der Waals surface area contributed by atoms with Crippen molar-refractivity contribution in [3.8, 4) is 0 Å². The van der Waals surface area contributed by atoms with Gasteiger partial charge in [0.2, 0.25) is 5.91 Å². The fraction of sp³-hybridized carbons (Fsp3) is 0.350. The monoisotopic (exact) mass is 470 g/mol. The Bertz CT molecular complexity index is 1160. The van der Waals surface area contributed by atoms with Crippen molar-refractivity contribution in [3.63, 3.8) is 0 Å². The van der Waals surface area contributed by atoms with Gasteiger partial charge < -0.3 is 10.6 Å². The average molecular weight is 470 g/mol. The van der Waals surface area contributed by atoms with Gasteiger partial charge in [0.25, 0.3) is 11.8 Å². The summed E-state index contributed by atoms with van der Waals surface area (Å²) < 4.78 is 64.7. The lowest BCUT2D eigenvalue weighted by Crippen LogP contribution is -2.25. The van der Waals surface area contributed by atoms with Gasteiger partial charge in [0.05, 0.1) is 31.1 Å². The van der Waals surface area contributed by atoms with E-state index in [0.717, 1.165) is 6.07 Å². The summed E-state index contributed by atoms with van der Waals surface area (Å²) >= 11 is 0. The second-order valence-electron chi connectivity index (χ2n) is 7.27. The maximum atomic E-state index is 13.4. The molecule has 0 bridgehead atoms. The highest BCUT2D eigenvalue weighted by atomic mass is 19.4. The van der Waals surface area contributed by atoms with Crippen molar-refractivity contribution in [3.05, 3.63) is 59.3 Å². The van der Waals surface area contributed by atoms with Crippen molar-refractivity contribution >= 4 is 17.5 Å². The molecule has 0 saturated heterocycles. The maximum absolute atomic E-state index is 13.4. The van der Waals surface area contributed by atoms with E-state index >= 15 is 0 Å². The summed E-state index contributed by atoms with van der Waals surface area (Å²) in [7, 11) is 0. The van der Waals surface area contributed by atoms with Gasteiger partial charge in [-0.05, 0) is 23.8 Å². The molecule has 0 aliphatic carbocycles. The van der Waals surface area contributed by atoms with E-state index in [1.54, 1.807) is 6.07 Å². The molecule has 2 amide bonds. The lowest BCUT2D eigenvalue weighted by molar-refractivity contribution is -0.144. The van der Waals surface area contributed by atoms with Crippen molar-refractivity contribution in [1.82, 2.24) is 30.2 Å². The van der Waals surface area contributed by atoms with Crippen molar-refractivity contribution in [1.29, 1.82) is 0 Å². The molecule has 2 N–H and O–H groups in total. The van der Waals surface area contributed by atoms with Crippen LogP contribution in [0, 0.1) is 0 Å². The van der Waals surface area contributed by atoms with Gasteiger partial charge in [0, 0.05) is 19.9 Å². The number of alkyl halides is 5. The second-order valence-corrected chi connectivity index (χ2v) is 7.27. The van der Waals surface area contributed by atoms with E-state index in [4.69, 9.17) is 0 Å². The standard InChI is InChI=1S/C20H19F5N6O2/c1-19(21,22)15-4-2-3-14(30-15)18(33)27-10-13-11-31-16(29-13)7-12(9-28-31)8-26-17(32)5-6-20(23,24)25/h2-4,7,9,11H,5-6,8,10H2,1H3,(H,26,32)(H,27,33). The molecule has 0 aliphatic heterocycles. The van der Waals surface area contributed by atoms with Crippen LogP contribution in [0.4, 0.5) is 22.0 Å². The Kier molecular flexibility index (Phi) is 6.89. The van der Waals surface area contributed by atoms with Gasteiger partial charge in [-0.2, -0.15) is 27.1 Å². The van der Waals surface area contributed by atoms with Crippen LogP contribution in [0.2, 0.25) is 0 Å². The molecule has 0 aliphatic rings. The Balaban J connectivity index is 1.58. The highest BCUT2D eigenvalue weighted by molar-refractivity contribution is 5.92. The number of carbonyl (C=O) groups excluding carboxylic acids is 2. The molecule has 176 valence electrons. The first-order valence-electron chi connectivity index (χ1n) is 9.71. The molecule has 0 atom stereocenters. The van der Waals surface area contributed by atoms with E-state index in [0.29, 0.717) is 23.8 Å². The molecule has 0 spiro atoms. The number of carbonyl (C=O) groups is 2. The number of nitrogens with zero attached hydrogens (tertiary/aromatic N) is 4. The Hall–Kier alpha value is -3.64.